The maximum atomic E-state index is 12.2. The second kappa shape index (κ2) is 14.5. The molecule has 0 aromatic heterocycles. The van der Waals surface area contributed by atoms with E-state index < -0.39 is 11.7 Å². The van der Waals surface area contributed by atoms with E-state index in [-0.39, 0.29) is 36.7 Å². The Bertz CT molecular complexity index is 362. The highest BCUT2D eigenvalue weighted by Gasteiger charge is 2.17. The first kappa shape index (κ1) is 25.4. The molecular formula is C16H34FIN4O2. The molecule has 0 fully saturated rings. The Kier molecular flexibility index (Phi) is 15.4. The molecule has 0 heterocycles. The number of alkyl halides is 1. The molecule has 0 aromatic rings. The van der Waals surface area contributed by atoms with Crippen LogP contribution in [0.4, 0.5) is 9.18 Å². The van der Waals surface area contributed by atoms with Crippen LogP contribution in [0.2, 0.25) is 0 Å². The lowest BCUT2D eigenvalue weighted by Gasteiger charge is -2.24. The Morgan fingerprint density at radius 2 is 1.92 bits per heavy atom. The zero-order chi connectivity index (χ0) is 17.7. The van der Waals surface area contributed by atoms with Crippen molar-refractivity contribution in [2.24, 2.45) is 4.99 Å². The van der Waals surface area contributed by atoms with Gasteiger partial charge in [0.05, 0.1) is 6.67 Å². The molecule has 24 heavy (non-hydrogen) atoms. The van der Waals surface area contributed by atoms with Crippen molar-refractivity contribution in [1.82, 2.24) is 16.0 Å². The van der Waals surface area contributed by atoms with Crippen molar-refractivity contribution < 1.29 is 13.9 Å². The summed E-state index contributed by atoms with van der Waals surface area (Å²) in [5, 5.41) is 9.10. The molecule has 0 saturated heterocycles. The fraction of sp³-hybridized carbons (Fsp3) is 0.875. The molecule has 0 rings (SSSR count). The molecule has 0 radical (unpaired) electrons. The molecule has 0 aromatic carbocycles. The lowest BCUT2D eigenvalue weighted by molar-refractivity contribution is 0.0523. The largest absolute Gasteiger partial charge is 0.444 e. The molecule has 0 bridgehead atoms. The second-order valence-corrected chi connectivity index (χ2v) is 6.41. The van der Waals surface area contributed by atoms with Gasteiger partial charge >= 0.3 is 6.09 Å². The van der Waals surface area contributed by atoms with Gasteiger partial charge in [0.2, 0.25) is 0 Å². The van der Waals surface area contributed by atoms with E-state index in [2.05, 4.69) is 27.9 Å². The van der Waals surface area contributed by atoms with Crippen LogP contribution in [0.1, 0.15) is 53.4 Å². The zero-order valence-electron chi connectivity index (χ0n) is 15.6. The van der Waals surface area contributed by atoms with Gasteiger partial charge in [0.25, 0.3) is 0 Å². The number of alkyl carbamates (subject to hydrolysis) is 1. The Labute approximate surface area is 162 Å². The minimum atomic E-state index is -0.514. The van der Waals surface area contributed by atoms with Gasteiger partial charge in [-0.3, -0.25) is 9.38 Å². The number of carbonyl (C=O) groups is 1. The van der Waals surface area contributed by atoms with Crippen molar-refractivity contribution in [1.29, 1.82) is 0 Å². The summed E-state index contributed by atoms with van der Waals surface area (Å²) < 4.78 is 17.4. The normalized spacial score (nSPS) is 12.8. The number of hydrogen-bond donors (Lipinski definition) is 3. The average Bonchev–Trinajstić information content (AvgIpc) is 2.46. The quantitative estimate of drug-likeness (QED) is 0.214. The van der Waals surface area contributed by atoms with Crippen LogP contribution in [0.25, 0.3) is 0 Å². The van der Waals surface area contributed by atoms with E-state index in [9.17, 15) is 9.18 Å². The molecule has 6 nitrogen and oxygen atoms in total. The van der Waals surface area contributed by atoms with Crippen LogP contribution in [0.3, 0.4) is 0 Å². The van der Waals surface area contributed by atoms with E-state index in [1.165, 1.54) is 0 Å². The van der Waals surface area contributed by atoms with Crippen LogP contribution < -0.4 is 16.0 Å². The van der Waals surface area contributed by atoms with E-state index in [0.717, 1.165) is 19.3 Å². The smallest absolute Gasteiger partial charge is 0.407 e. The highest BCUT2D eigenvalue weighted by Crippen LogP contribution is 2.06. The first-order valence-corrected chi connectivity index (χ1v) is 8.32. The summed E-state index contributed by atoms with van der Waals surface area (Å²) >= 11 is 0. The van der Waals surface area contributed by atoms with Gasteiger partial charge in [0.1, 0.15) is 5.60 Å². The number of nitrogens with zero attached hydrogens (tertiary/aromatic N) is 1. The lowest BCUT2D eigenvalue weighted by atomic mass is 10.1. The molecule has 1 unspecified atom stereocenters. The summed E-state index contributed by atoms with van der Waals surface area (Å²) in [5.41, 5.74) is -0.514. The molecule has 0 aliphatic rings. The van der Waals surface area contributed by atoms with Crippen LogP contribution in [-0.2, 0) is 4.74 Å². The highest BCUT2D eigenvalue weighted by molar-refractivity contribution is 14.0. The average molecular weight is 460 g/mol. The van der Waals surface area contributed by atoms with Crippen molar-refractivity contribution in [3.8, 4) is 0 Å². The number of guanidine groups is 1. The number of hydrogen-bond acceptors (Lipinski definition) is 3. The first-order chi connectivity index (χ1) is 10.8. The molecule has 8 heteroatoms. The van der Waals surface area contributed by atoms with Crippen molar-refractivity contribution in [2.45, 2.75) is 65.0 Å². The number of amides is 1. The fourth-order valence-corrected chi connectivity index (χ4v) is 1.86. The molecule has 1 atom stereocenters. The van der Waals surface area contributed by atoms with Gasteiger partial charge in [0.15, 0.2) is 5.96 Å². The van der Waals surface area contributed by atoms with Gasteiger partial charge in [-0.25, -0.2) is 4.79 Å². The number of unbranched alkanes of at least 4 members (excludes halogenated alkanes) is 1. The Morgan fingerprint density at radius 1 is 1.25 bits per heavy atom. The summed E-state index contributed by atoms with van der Waals surface area (Å²) in [6.07, 6.45) is 3.02. The minimum Gasteiger partial charge on any atom is -0.444 e. The van der Waals surface area contributed by atoms with Crippen molar-refractivity contribution in [3.05, 3.63) is 0 Å². The standard InChI is InChI=1S/C16H33FN4O2.HI/c1-6-7-9-13(12-20-15(22)23-16(2,3)4)21-14(18-5)19-11-8-10-17;/h13H,6-12H2,1-5H3,(H,20,22)(H2,18,19,21);1H. The van der Waals surface area contributed by atoms with Gasteiger partial charge in [-0.1, -0.05) is 19.8 Å². The Balaban J connectivity index is 0. The maximum absolute atomic E-state index is 12.2. The number of carbonyl (C=O) groups excluding carboxylic acids is 1. The number of ether oxygens (including phenoxy) is 1. The third-order valence-electron chi connectivity index (χ3n) is 2.97. The van der Waals surface area contributed by atoms with Crippen LogP contribution in [0, 0.1) is 0 Å². The molecular weight excluding hydrogens is 426 g/mol. The molecule has 3 N–H and O–H groups in total. The maximum Gasteiger partial charge on any atom is 0.407 e. The van der Waals surface area contributed by atoms with Crippen molar-refractivity contribution in [2.75, 3.05) is 26.8 Å². The van der Waals surface area contributed by atoms with E-state index in [4.69, 9.17) is 4.74 Å². The summed E-state index contributed by atoms with van der Waals surface area (Å²) in [6.45, 7) is 8.22. The van der Waals surface area contributed by atoms with E-state index in [0.29, 0.717) is 25.5 Å². The van der Waals surface area contributed by atoms with Crippen LogP contribution in [-0.4, -0.2) is 50.5 Å². The van der Waals surface area contributed by atoms with E-state index in [1.807, 2.05) is 20.8 Å². The topological polar surface area (TPSA) is 74.8 Å². The van der Waals surface area contributed by atoms with Gasteiger partial charge in [0, 0.05) is 26.2 Å². The summed E-state index contributed by atoms with van der Waals surface area (Å²) in [5.74, 6) is 0.616. The SMILES string of the molecule is CCCCC(CNC(=O)OC(C)(C)C)NC(=NC)NCCCF.I. The zero-order valence-corrected chi connectivity index (χ0v) is 17.9. The predicted molar refractivity (Wildman–Crippen MR) is 108 cm³/mol. The van der Waals surface area contributed by atoms with Crippen LogP contribution in [0.15, 0.2) is 4.99 Å². The third-order valence-corrected chi connectivity index (χ3v) is 2.97. The molecule has 0 saturated carbocycles. The number of aliphatic imine (C=N–C) groups is 1. The number of halogens is 2. The third kappa shape index (κ3) is 14.8. The lowest BCUT2D eigenvalue weighted by Crippen LogP contribution is -2.49. The van der Waals surface area contributed by atoms with E-state index >= 15 is 0 Å². The molecule has 0 aliphatic heterocycles. The van der Waals surface area contributed by atoms with Gasteiger partial charge < -0.3 is 20.7 Å². The van der Waals surface area contributed by atoms with Gasteiger partial charge in [-0.05, 0) is 33.6 Å². The molecule has 0 spiro atoms. The second-order valence-electron chi connectivity index (χ2n) is 6.41. The first-order valence-electron chi connectivity index (χ1n) is 8.32. The van der Waals surface area contributed by atoms with E-state index in [1.54, 1.807) is 7.05 Å². The number of rotatable bonds is 9. The Morgan fingerprint density at radius 3 is 2.42 bits per heavy atom. The summed E-state index contributed by atoms with van der Waals surface area (Å²) in [4.78, 5) is 15.9. The van der Waals surface area contributed by atoms with Crippen LogP contribution >= 0.6 is 24.0 Å². The predicted octanol–water partition coefficient (Wildman–Crippen LogP) is 3.21. The van der Waals surface area contributed by atoms with Crippen molar-refractivity contribution >= 4 is 36.0 Å². The minimum absolute atomic E-state index is 0. The molecule has 1 amide bonds. The van der Waals surface area contributed by atoms with Crippen LogP contribution in [0.5, 0.6) is 0 Å². The van der Waals surface area contributed by atoms with Gasteiger partial charge in [-0.15, -0.1) is 24.0 Å². The monoisotopic (exact) mass is 460 g/mol. The molecule has 144 valence electrons. The summed E-state index contributed by atoms with van der Waals surface area (Å²) in [6, 6.07) is 0.0408. The fourth-order valence-electron chi connectivity index (χ4n) is 1.86. The molecule has 0 aliphatic carbocycles. The van der Waals surface area contributed by atoms with Gasteiger partial charge in [-0.2, -0.15) is 0 Å². The highest BCUT2D eigenvalue weighted by atomic mass is 127. The Hall–Kier alpha value is -0.800. The number of nitrogens with one attached hydrogen (secondary N) is 3. The van der Waals surface area contributed by atoms with Crippen molar-refractivity contribution in [3.63, 3.8) is 0 Å². The summed E-state index contributed by atoms with van der Waals surface area (Å²) in [7, 11) is 1.67.